The van der Waals surface area contributed by atoms with Gasteiger partial charge < -0.3 is 47.1 Å². The van der Waals surface area contributed by atoms with Gasteiger partial charge in [0, 0.05) is 0 Å². The van der Waals surface area contributed by atoms with Crippen molar-refractivity contribution < 1.29 is 56.7 Å². The molecule has 6 rings (SSSR count). The van der Waals surface area contributed by atoms with E-state index in [1.165, 1.54) is 7.11 Å². The van der Waals surface area contributed by atoms with Crippen LogP contribution in [0.5, 0.6) is 34.5 Å². The minimum Gasteiger partial charge on any atom is -0.493 e. The minimum atomic E-state index is -2.91. The average Bonchev–Trinajstić information content (AvgIpc) is 3.41. The maximum atomic E-state index is 12.6. The van der Waals surface area contributed by atoms with E-state index in [0.717, 1.165) is 31.9 Å². The Labute approximate surface area is 454 Å². The number of hydrogen-bond donors (Lipinski definition) is 1. The third kappa shape index (κ3) is 14.5. The molecule has 6 aromatic carbocycles. The van der Waals surface area contributed by atoms with Crippen LogP contribution in [0.3, 0.4) is 0 Å². The number of benzene rings is 6. The molecule has 0 fully saturated rings. The van der Waals surface area contributed by atoms with Gasteiger partial charge in [-0.1, -0.05) is 182 Å². The smallest absolute Gasteiger partial charge is 0.308 e. The molecule has 6 aromatic rings. The second-order valence-corrected chi connectivity index (χ2v) is 28.8. The number of carboxylic acids is 1. The van der Waals surface area contributed by atoms with Gasteiger partial charge in [-0.25, -0.2) is 0 Å². The van der Waals surface area contributed by atoms with Crippen LogP contribution in [0.2, 0.25) is 10.1 Å². The number of carboxylic acid groups (broad SMARTS) is 1. The minimum absolute atomic E-state index is 0. The quantitative estimate of drug-likeness (QED) is 0.0456. The molecule has 0 aromatic heterocycles. The van der Waals surface area contributed by atoms with Crippen LogP contribution in [0.1, 0.15) is 85.8 Å². The molecule has 14 heteroatoms. The molecule has 0 saturated heterocycles. The van der Waals surface area contributed by atoms with Crippen molar-refractivity contribution in [2.45, 2.75) is 110 Å². The van der Waals surface area contributed by atoms with Gasteiger partial charge in [-0.3, -0.25) is 9.59 Å². The van der Waals surface area contributed by atoms with E-state index in [4.69, 9.17) is 42.0 Å². The highest BCUT2D eigenvalue weighted by Crippen LogP contribution is 2.44. The number of carbonyl (C=O) groups excluding carboxylic acids is 1. The summed E-state index contributed by atoms with van der Waals surface area (Å²) in [5, 5.41) is 13.9. The summed E-state index contributed by atoms with van der Waals surface area (Å²) in [5.74, 6) is 2.26. The summed E-state index contributed by atoms with van der Waals surface area (Å²) in [6, 6.07) is 49.0. The van der Waals surface area contributed by atoms with Crippen molar-refractivity contribution >= 4 is 49.3 Å². The fourth-order valence-electron chi connectivity index (χ4n) is 10.1. The first-order valence-corrected chi connectivity index (χ1v) is 29.1. The van der Waals surface area contributed by atoms with Crippen molar-refractivity contribution in [3.63, 3.8) is 0 Å². The van der Waals surface area contributed by atoms with Gasteiger partial charge in [0.1, 0.15) is 0 Å². The van der Waals surface area contributed by atoms with Crippen molar-refractivity contribution in [3.05, 3.63) is 157 Å². The van der Waals surface area contributed by atoms with E-state index in [9.17, 15) is 14.7 Å². The number of ether oxygens (including phenoxy) is 7. The number of methoxy groups -OCH3 is 7. The highest BCUT2D eigenvalue weighted by Gasteiger charge is 2.53. The molecule has 0 radical (unpaired) electrons. The average molecular weight is 1080 g/mol. The molecule has 76 heavy (non-hydrogen) atoms. The van der Waals surface area contributed by atoms with Crippen LogP contribution < -0.4 is 49.2 Å². The fourth-order valence-corrected chi connectivity index (χ4v) is 19.5. The van der Waals surface area contributed by atoms with Crippen LogP contribution in [0.4, 0.5) is 0 Å². The zero-order chi connectivity index (χ0) is 54.8. The third-order valence-corrected chi connectivity index (χ3v) is 23.8. The normalized spacial score (nSPS) is 12.4. The lowest BCUT2D eigenvalue weighted by Crippen LogP contribution is -2.67. The lowest BCUT2D eigenvalue weighted by molar-refractivity contribution is -0.142. The zero-order valence-electron chi connectivity index (χ0n) is 46.2. The van der Waals surface area contributed by atoms with Gasteiger partial charge in [-0.2, -0.15) is 0 Å². The summed E-state index contributed by atoms with van der Waals surface area (Å²) >= 11 is 0. The Morgan fingerprint density at radius 3 is 0.987 bits per heavy atom. The van der Waals surface area contributed by atoms with Crippen LogP contribution in [0.25, 0.3) is 0 Å². The molecule has 1 N–H and O–H groups in total. The van der Waals surface area contributed by atoms with Crippen LogP contribution in [0.15, 0.2) is 146 Å². The molecule has 0 aliphatic rings. The largest absolute Gasteiger partial charge is 0.493 e. The van der Waals surface area contributed by atoms with E-state index >= 15 is 0 Å². The van der Waals surface area contributed by atoms with Crippen molar-refractivity contribution in [2.75, 3.05) is 49.8 Å². The Morgan fingerprint density at radius 1 is 0.434 bits per heavy atom. The Balaban J connectivity index is 0.000000324. The highest BCUT2D eigenvalue weighted by atomic mass is 28.4. The Morgan fingerprint density at radius 2 is 0.737 bits per heavy atom. The monoisotopic (exact) mass is 1070 g/mol. The lowest BCUT2D eigenvalue weighted by Gasteiger charge is -2.45. The number of aliphatic carboxylic acids is 1. The third-order valence-electron chi connectivity index (χ3n) is 13.6. The lowest BCUT2D eigenvalue weighted by atomic mass is 10.0. The van der Waals surface area contributed by atoms with Crippen LogP contribution >= 0.6 is 0 Å². The summed E-state index contributed by atoms with van der Waals surface area (Å²) in [6.07, 6.45) is 1.42. The maximum Gasteiger partial charge on any atom is 0.308 e. The van der Waals surface area contributed by atoms with Crippen molar-refractivity contribution in [1.29, 1.82) is 0 Å². The molecule has 0 aliphatic carbocycles. The summed E-state index contributed by atoms with van der Waals surface area (Å²) in [5.41, 5.74) is 1.85. The van der Waals surface area contributed by atoms with Gasteiger partial charge >= 0.3 is 11.9 Å². The van der Waals surface area contributed by atoms with Crippen molar-refractivity contribution in [3.8, 4) is 34.5 Å². The predicted octanol–water partition coefficient (Wildman–Crippen LogP) is 10.9. The van der Waals surface area contributed by atoms with E-state index in [0.29, 0.717) is 60.2 Å². The van der Waals surface area contributed by atoms with Crippen molar-refractivity contribution in [2.24, 2.45) is 0 Å². The summed E-state index contributed by atoms with van der Waals surface area (Å²) in [6.45, 7) is 13.3. The molecule has 0 aliphatic heterocycles. The number of hydrogen-bond acceptors (Lipinski definition) is 11. The zero-order valence-corrected chi connectivity index (χ0v) is 48.2. The second kappa shape index (κ2) is 28.5. The van der Waals surface area contributed by atoms with Crippen LogP contribution in [-0.4, -0.2) is 95.7 Å². The molecular formula is C62H82O12Si2. The van der Waals surface area contributed by atoms with Crippen LogP contribution in [-0.2, 0) is 36.0 Å². The Kier molecular flexibility index (Phi) is 23.2. The first-order valence-electron chi connectivity index (χ1n) is 25.3. The SMILES string of the molecule is C.COC(=O)CC(CCc1ccc(OC)c(OC)c1OC)O[Si](c1ccccc1)(c1ccccc1)C(C)(C)C.COc1ccc(CCC(CC(=O)O)O[Si](c2ccccc2)(c2ccccc2)C(C)(C)C)c(OC)c1OC. The molecule has 0 heterocycles. The standard InChI is InChI=1S/C31H40O6Si.C30H38O6Si.CH4/c1-31(2,3)38(25-14-10-8-11-15-25,26-16-12-9-13-17-26)37-24(22-28(32)34-5)20-18-23-19-21-27(33-4)30(36-7)29(23)35-6;1-30(2,3)37(24-13-9-7-10-14-24,25-15-11-8-12-16-25)36-23(21-27(31)32)19-17-22-18-20-26(33-4)29(35-6)28(22)34-5;/h8-17,19,21,24H,18,20,22H2,1-7H3;7-16,18,20,23H,17,19,21H2,1-6H3,(H,31,32);1H4. The molecule has 0 bridgehead atoms. The van der Waals surface area contributed by atoms with Gasteiger partial charge in [-0.05, 0) is 79.8 Å². The second-order valence-electron chi connectivity index (χ2n) is 20.2. The topological polar surface area (TPSA) is 137 Å². The first-order chi connectivity index (χ1) is 35.9. The van der Waals surface area contributed by atoms with E-state index < -0.39 is 28.7 Å². The fraction of sp³-hybridized carbons (Fsp3) is 0.387. The van der Waals surface area contributed by atoms with Gasteiger partial charge in [-0.15, -0.1) is 0 Å². The summed E-state index contributed by atoms with van der Waals surface area (Å²) in [7, 11) is 5.19. The predicted molar refractivity (Wildman–Crippen MR) is 309 cm³/mol. The van der Waals surface area contributed by atoms with E-state index in [1.54, 1.807) is 42.7 Å². The maximum absolute atomic E-state index is 12.6. The van der Waals surface area contributed by atoms with E-state index in [2.05, 4.69) is 114 Å². The van der Waals surface area contributed by atoms with Gasteiger partial charge in [0.05, 0.1) is 74.8 Å². The molecule has 0 saturated carbocycles. The van der Waals surface area contributed by atoms with E-state index in [1.807, 2.05) is 72.8 Å². The molecule has 0 spiro atoms. The first kappa shape index (κ1) is 62.0. The van der Waals surface area contributed by atoms with Gasteiger partial charge in [0.2, 0.25) is 11.5 Å². The van der Waals surface area contributed by atoms with Crippen LogP contribution in [0, 0.1) is 0 Å². The molecule has 410 valence electrons. The van der Waals surface area contributed by atoms with Gasteiger partial charge in [0.25, 0.3) is 16.6 Å². The Bertz CT molecular complexity index is 2630. The van der Waals surface area contributed by atoms with Gasteiger partial charge in [0.15, 0.2) is 23.0 Å². The number of aryl methyl sites for hydroxylation is 2. The summed E-state index contributed by atoms with van der Waals surface area (Å²) < 4.78 is 52.9. The molecule has 2 atom stereocenters. The number of carbonyl (C=O) groups is 2. The number of rotatable bonds is 24. The molecule has 2 unspecified atom stereocenters. The van der Waals surface area contributed by atoms with E-state index in [-0.39, 0.29) is 42.4 Å². The van der Waals surface area contributed by atoms with Crippen molar-refractivity contribution in [1.82, 2.24) is 0 Å². The molecule has 0 amide bonds. The number of esters is 1. The summed E-state index contributed by atoms with van der Waals surface area (Å²) in [4.78, 5) is 24.6. The Hall–Kier alpha value is -6.59. The molecule has 12 nitrogen and oxygen atoms in total. The highest BCUT2D eigenvalue weighted by molar-refractivity contribution is 7.00. The molecular weight excluding hydrogens is 993 g/mol.